The third-order valence-corrected chi connectivity index (χ3v) is 5.86. The smallest absolute Gasteiger partial charge is 0.404 e. The standard InChI is InChI=1S/C22H18F5N5O4S/c23-14-7-13(8-15(24)10-14)20-30-31-21(37-20)29-19(34)12-1-2-17(36-22(25,26)27)16(9-12)28-18(33)11-32-3-5-35-6-4-32/h1-2,7-10H,3-6,11H2,(H,28,33)(H,29,31,34). The van der Waals surface area contributed by atoms with Crippen molar-refractivity contribution in [3.05, 3.63) is 53.6 Å². The van der Waals surface area contributed by atoms with E-state index in [1.54, 1.807) is 4.90 Å². The first-order valence-corrected chi connectivity index (χ1v) is 11.5. The summed E-state index contributed by atoms with van der Waals surface area (Å²) in [4.78, 5) is 26.9. The van der Waals surface area contributed by atoms with Crippen LogP contribution in [0.15, 0.2) is 36.4 Å². The Bertz CT molecular complexity index is 1280. The molecule has 2 amide bonds. The Labute approximate surface area is 210 Å². The molecule has 1 aromatic heterocycles. The molecule has 15 heteroatoms. The van der Waals surface area contributed by atoms with Gasteiger partial charge < -0.3 is 14.8 Å². The number of nitrogens with one attached hydrogen (secondary N) is 2. The van der Waals surface area contributed by atoms with Crippen LogP contribution in [0.5, 0.6) is 5.75 Å². The highest BCUT2D eigenvalue weighted by atomic mass is 32.1. The molecule has 2 heterocycles. The highest BCUT2D eigenvalue weighted by Crippen LogP contribution is 2.32. The van der Waals surface area contributed by atoms with Gasteiger partial charge in [-0.15, -0.1) is 23.4 Å². The van der Waals surface area contributed by atoms with Crippen molar-refractivity contribution in [2.75, 3.05) is 43.5 Å². The van der Waals surface area contributed by atoms with Gasteiger partial charge in [0.15, 0.2) is 5.75 Å². The van der Waals surface area contributed by atoms with Crippen molar-refractivity contribution < 1.29 is 41.0 Å². The van der Waals surface area contributed by atoms with Crippen LogP contribution >= 0.6 is 11.3 Å². The molecule has 0 radical (unpaired) electrons. The van der Waals surface area contributed by atoms with Crippen LogP contribution in [0.4, 0.5) is 32.8 Å². The number of ether oxygens (including phenoxy) is 2. The summed E-state index contributed by atoms with van der Waals surface area (Å²) in [7, 11) is 0. The van der Waals surface area contributed by atoms with E-state index in [0.717, 1.165) is 41.7 Å². The highest BCUT2D eigenvalue weighted by Gasteiger charge is 2.32. The lowest BCUT2D eigenvalue weighted by molar-refractivity contribution is -0.274. The Balaban J connectivity index is 1.50. The van der Waals surface area contributed by atoms with Gasteiger partial charge in [0, 0.05) is 30.3 Å². The van der Waals surface area contributed by atoms with Gasteiger partial charge >= 0.3 is 6.36 Å². The topological polar surface area (TPSA) is 106 Å². The number of benzene rings is 2. The molecule has 196 valence electrons. The van der Waals surface area contributed by atoms with Crippen molar-refractivity contribution in [2.24, 2.45) is 0 Å². The predicted molar refractivity (Wildman–Crippen MR) is 122 cm³/mol. The van der Waals surface area contributed by atoms with Crippen molar-refractivity contribution in [1.29, 1.82) is 0 Å². The maximum Gasteiger partial charge on any atom is 0.573 e. The number of hydrogen-bond acceptors (Lipinski definition) is 8. The minimum atomic E-state index is -5.03. The molecule has 1 saturated heterocycles. The fourth-order valence-corrected chi connectivity index (χ4v) is 4.10. The first-order chi connectivity index (χ1) is 17.6. The van der Waals surface area contributed by atoms with Crippen LogP contribution in [0.1, 0.15) is 10.4 Å². The van der Waals surface area contributed by atoms with Crippen molar-refractivity contribution in [2.45, 2.75) is 6.36 Å². The number of alkyl halides is 3. The highest BCUT2D eigenvalue weighted by molar-refractivity contribution is 7.18. The van der Waals surface area contributed by atoms with Crippen molar-refractivity contribution in [3.63, 3.8) is 0 Å². The minimum absolute atomic E-state index is 0.0295. The monoisotopic (exact) mass is 543 g/mol. The Morgan fingerprint density at radius 2 is 1.73 bits per heavy atom. The van der Waals surface area contributed by atoms with E-state index in [1.807, 2.05) is 0 Å². The minimum Gasteiger partial charge on any atom is -0.404 e. The zero-order chi connectivity index (χ0) is 26.6. The molecule has 0 bridgehead atoms. The number of nitrogens with zero attached hydrogens (tertiary/aromatic N) is 3. The van der Waals surface area contributed by atoms with Crippen LogP contribution in [0.2, 0.25) is 0 Å². The Hall–Kier alpha value is -3.69. The lowest BCUT2D eigenvalue weighted by Gasteiger charge is -2.26. The molecule has 37 heavy (non-hydrogen) atoms. The Kier molecular flexibility index (Phi) is 7.94. The summed E-state index contributed by atoms with van der Waals surface area (Å²) < 4.78 is 74.8. The number of carbonyl (C=O) groups excluding carboxylic acids is 2. The van der Waals surface area contributed by atoms with Gasteiger partial charge in [-0.1, -0.05) is 11.3 Å². The van der Waals surface area contributed by atoms with Gasteiger partial charge in [0.2, 0.25) is 11.0 Å². The maximum atomic E-state index is 13.5. The van der Waals surface area contributed by atoms with Gasteiger partial charge in [0.25, 0.3) is 5.91 Å². The fraction of sp³-hybridized carbons (Fsp3) is 0.273. The van der Waals surface area contributed by atoms with E-state index in [9.17, 15) is 31.5 Å². The lowest BCUT2D eigenvalue weighted by Crippen LogP contribution is -2.41. The van der Waals surface area contributed by atoms with E-state index < -0.39 is 35.6 Å². The van der Waals surface area contributed by atoms with Crippen LogP contribution in [-0.4, -0.2) is 66.1 Å². The number of hydrogen-bond donors (Lipinski definition) is 2. The second kappa shape index (κ2) is 11.1. The molecule has 3 aromatic rings. The normalized spacial score (nSPS) is 14.3. The number of aromatic nitrogens is 2. The summed E-state index contributed by atoms with van der Waals surface area (Å²) >= 11 is 0.825. The molecule has 0 spiro atoms. The van der Waals surface area contributed by atoms with Crippen molar-refractivity contribution in [1.82, 2.24) is 15.1 Å². The van der Waals surface area contributed by atoms with Crippen LogP contribution in [0.3, 0.4) is 0 Å². The SMILES string of the molecule is O=C(CN1CCOCC1)Nc1cc(C(=O)Nc2nnc(-c3cc(F)cc(F)c3)s2)ccc1OC(F)(F)F. The quantitative estimate of drug-likeness (QED) is 0.436. The van der Waals surface area contributed by atoms with E-state index in [-0.39, 0.29) is 33.5 Å². The lowest BCUT2D eigenvalue weighted by atomic mass is 10.1. The molecule has 9 nitrogen and oxygen atoms in total. The molecule has 1 fully saturated rings. The van der Waals surface area contributed by atoms with E-state index >= 15 is 0 Å². The number of halogens is 5. The number of morpholine rings is 1. The largest absolute Gasteiger partial charge is 0.573 e. The zero-order valence-corrected chi connectivity index (χ0v) is 19.6. The van der Waals surface area contributed by atoms with Gasteiger partial charge in [-0.2, -0.15) is 0 Å². The Morgan fingerprint density at radius 1 is 1.03 bits per heavy atom. The molecule has 0 unspecified atom stereocenters. The molecule has 0 atom stereocenters. The third-order valence-electron chi connectivity index (χ3n) is 4.97. The van der Waals surface area contributed by atoms with Crippen LogP contribution in [-0.2, 0) is 9.53 Å². The van der Waals surface area contributed by atoms with Gasteiger partial charge in [-0.3, -0.25) is 19.8 Å². The number of amides is 2. The van der Waals surface area contributed by atoms with E-state index in [1.165, 1.54) is 0 Å². The summed E-state index contributed by atoms with van der Waals surface area (Å²) in [5, 5.41) is 12.4. The first-order valence-electron chi connectivity index (χ1n) is 10.7. The summed E-state index contributed by atoms with van der Waals surface area (Å²) in [5.41, 5.74) is -0.379. The number of carbonyl (C=O) groups is 2. The van der Waals surface area contributed by atoms with Crippen LogP contribution in [0.25, 0.3) is 10.6 Å². The van der Waals surface area contributed by atoms with E-state index in [0.29, 0.717) is 32.4 Å². The molecule has 0 saturated carbocycles. The fourth-order valence-electron chi connectivity index (χ4n) is 3.37. The molecule has 2 aromatic carbocycles. The third kappa shape index (κ3) is 7.41. The Morgan fingerprint density at radius 3 is 2.41 bits per heavy atom. The molecular weight excluding hydrogens is 525 g/mol. The second-order valence-corrected chi connectivity index (χ2v) is 8.70. The molecule has 1 aliphatic rings. The van der Waals surface area contributed by atoms with Gasteiger partial charge in [0.1, 0.15) is 16.6 Å². The molecule has 2 N–H and O–H groups in total. The van der Waals surface area contributed by atoms with E-state index in [4.69, 9.17) is 4.74 Å². The average Bonchev–Trinajstić information content (AvgIpc) is 3.28. The number of rotatable bonds is 7. The van der Waals surface area contributed by atoms with Crippen molar-refractivity contribution in [3.8, 4) is 16.3 Å². The summed E-state index contributed by atoms with van der Waals surface area (Å²) in [6.07, 6.45) is -5.03. The summed E-state index contributed by atoms with van der Waals surface area (Å²) in [5.74, 6) is -3.73. The summed E-state index contributed by atoms with van der Waals surface area (Å²) in [6, 6.07) is 5.76. The molecule has 4 rings (SSSR count). The number of anilines is 2. The van der Waals surface area contributed by atoms with Crippen LogP contribution < -0.4 is 15.4 Å². The van der Waals surface area contributed by atoms with Gasteiger partial charge in [0.05, 0.1) is 25.4 Å². The summed E-state index contributed by atoms with van der Waals surface area (Å²) in [6.45, 7) is 1.71. The van der Waals surface area contributed by atoms with Gasteiger partial charge in [-0.25, -0.2) is 8.78 Å². The average molecular weight is 543 g/mol. The second-order valence-electron chi connectivity index (χ2n) is 7.72. The zero-order valence-electron chi connectivity index (χ0n) is 18.8. The molecule has 0 aliphatic carbocycles. The van der Waals surface area contributed by atoms with Crippen molar-refractivity contribution >= 4 is 34.0 Å². The van der Waals surface area contributed by atoms with E-state index in [2.05, 4.69) is 25.6 Å². The van der Waals surface area contributed by atoms with Gasteiger partial charge in [-0.05, 0) is 30.3 Å². The van der Waals surface area contributed by atoms with Crippen LogP contribution in [0, 0.1) is 11.6 Å². The molecular formula is C22H18F5N5O4S. The maximum absolute atomic E-state index is 13.5. The predicted octanol–water partition coefficient (Wildman–Crippen LogP) is 3.90. The molecule has 1 aliphatic heterocycles. The first kappa shape index (κ1) is 26.4.